The van der Waals surface area contributed by atoms with Gasteiger partial charge < -0.3 is 10.6 Å². The van der Waals surface area contributed by atoms with E-state index in [2.05, 4.69) is 9.97 Å². The quantitative estimate of drug-likeness (QED) is 0.813. The van der Waals surface area contributed by atoms with Crippen LogP contribution in [0.15, 0.2) is 35.5 Å². The lowest BCUT2D eigenvalue weighted by Gasteiger charge is -2.34. The highest BCUT2D eigenvalue weighted by Crippen LogP contribution is 2.32. The summed E-state index contributed by atoms with van der Waals surface area (Å²) < 4.78 is 26.9. The molecule has 1 aliphatic heterocycles. The lowest BCUT2D eigenvalue weighted by molar-refractivity contribution is 0.0692. The lowest BCUT2D eigenvalue weighted by atomic mass is 10.3. The van der Waals surface area contributed by atoms with E-state index in [1.165, 1.54) is 33.7 Å². The van der Waals surface area contributed by atoms with Gasteiger partial charge in [-0.15, -0.1) is 0 Å². The first-order chi connectivity index (χ1) is 12.3. The van der Waals surface area contributed by atoms with Crippen molar-refractivity contribution in [3.63, 3.8) is 0 Å². The van der Waals surface area contributed by atoms with Crippen molar-refractivity contribution in [1.29, 1.82) is 0 Å². The highest BCUT2D eigenvalue weighted by atomic mass is 35.5. The minimum atomic E-state index is -3.87. The molecule has 2 aromatic rings. The molecule has 1 fully saturated rings. The molecule has 2 heterocycles. The third kappa shape index (κ3) is 3.48. The second-order valence-corrected chi connectivity index (χ2v) is 8.23. The van der Waals surface area contributed by atoms with Crippen LogP contribution in [0.5, 0.6) is 0 Å². The fraction of sp³-hybridized carbons (Fsp3) is 0.267. The van der Waals surface area contributed by atoms with Gasteiger partial charge in [-0.1, -0.05) is 29.3 Å². The molecule has 138 valence electrons. The number of nitrogens with zero attached hydrogens (tertiary/aromatic N) is 4. The van der Waals surface area contributed by atoms with Crippen LogP contribution in [-0.4, -0.2) is 59.7 Å². The highest BCUT2D eigenvalue weighted by Gasteiger charge is 2.33. The van der Waals surface area contributed by atoms with E-state index in [1.54, 1.807) is 6.07 Å². The summed E-state index contributed by atoms with van der Waals surface area (Å²) >= 11 is 12.1. The molecular weight excluding hydrogens is 401 g/mol. The molecule has 1 saturated heterocycles. The molecule has 0 radical (unpaired) electrons. The number of piperazine rings is 1. The van der Waals surface area contributed by atoms with E-state index < -0.39 is 10.0 Å². The normalized spacial score (nSPS) is 15.8. The molecule has 0 saturated carbocycles. The van der Waals surface area contributed by atoms with E-state index in [0.717, 1.165) is 0 Å². The summed E-state index contributed by atoms with van der Waals surface area (Å²) in [6, 6.07) is 4.51. The van der Waals surface area contributed by atoms with Crippen LogP contribution in [0, 0.1) is 0 Å². The Kier molecular flexibility index (Phi) is 5.33. The molecule has 0 bridgehead atoms. The summed E-state index contributed by atoms with van der Waals surface area (Å²) in [6.07, 6.45) is 2.77. The van der Waals surface area contributed by atoms with Crippen molar-refractivity contribution in [3.05, 3.63) is 46.3 Å². The molecule has 0 spiro atoms. The van der Waals surface area contributed by atoms with Gasteiger partial charge in [-0.2, -0.15) is 4.31 Å². The van der Waals surface area contributed by atoms with Crippen LogP contribution in [0.25, 0.3) is 0 Å². The summed E-state index contributed by atoms with van der Waals surface area (Å²) in [6.45, 7) is 0.595. The smallest absolute Gasteiger partial charge is 0.276 e. The number of hydrogen-bond donors (Lipinski definition) is 1. The molecule has 1 aromatic carbocycles. The number of anilines is 1. The lowest BCUT2D eigenvalue weighted by Crippen LogP contribution is -2.50. The monoisotopic (exact) mass is 415 g/mol. The van der Waals surface area contributed by atoms with Crippen LogP contribution in [-0.2, 0) is 10.0 Å². The van der Waals surface area contributed by atoms with E-state index in [1.807, 2.05) is 0 Å². The summed E-state index contributed by atoms with van der Waals surface area (Å²) in [5, 5.41) is 0.117. The van der Waals surface area contributed by atoms with Gasteiger partial charge in [0.2, 0.25) is 10.0 Å². The topological polar surface area (TPSA) is 109 Å². The molecule has 8 nitrogen and oxygen atoms in total. The fourth-order valence-electron chi connectivity index (χ4n) is 2.65. The standard InChI is InChI=1S/C15H15Cl2N5O3S/c16-10-2-1-3-11(17)13(10)26(24,25)22-8-6-21(7-9-22)15(23)12-14(18)20-5-4-19-12/h1-5H,6-9H2,(H2,18,20). The second-order valence-electron chi connectivity index (χ2n) is 5.54. The van der Waals surface area contributed by atoms with Crippen LogP contribution in [0.3, 0.4) is 0 Å². The number of carbonyl (C=O) groups excluding carboxylic acids is 1. The SMILES string of the molecule is Nc1nccnc1C(=O)N1CCN(S(=O)(=O)c2c(Cl)cccc2Cl)CC1. The maximum Gasteiger partial charge on any atom is 0.276 e. The number of halogens is 2. The van der Waals surface area contributed by atoms with Gasteiger partial charge in [0.1, 0.15) is 4.90 Å². The zero-order valence-electron chi connectivity index (χ0n) is 13.5. The molecule has 0 unspecified atom stereocenters. The average molecular weight is 416 g/mol. The number of sulfonamides is 1. The molecular formula is C15H15Cl2N5O3S. The summed E-state index contributed by atoms with van der Waals surface area (Å²) in [5.41, 5.74) is 5.73. The Bertz CT molecular complexity index is 926. The van der Waals surface area contributed by atoms with Crippen LogP contribution in [0.2, 0.25) is 10.0 Å². The predicted octanol–water partition coefficient (Wildman–Crippen LogP) is 1.51. The average Bonchev–Trinajstić information content (AvgIpc) is 2.61. The highest BCUT2D eigenvalue weighted by molar-refractivity contribution is 7.89. The number of benzene rings is 1. The van der Waals surface area contributed by atoms with Crippen molar-refractivity contribution in [1.82, 2.24) is 19.2 Å². The van der Waals surface area contributed by atoms with Crippen LogP contribution in [0.1, 0.15) is 10.5 Å². The van der Waals surface area contributed by atoms with Crippen molar-refractivity contribution in [3.8, 4) is 0 Å². The number of aromatic nitrogens is 2. The van der Waals surface area contributed by atoms with Crippen LogP contribution in [0.4, 0.5) is 5.82 Å². The first-order valence-electron chi connectivity index (χ1n) is 7.62. The number of amides is 1. The van der Waals surface area contributed by atoms with Gasteiger partial charge in [0.15, 0.2) is 11.5 Å². The number of nitrogen functional groups attached to an aromatic ring is 1. The third-order valence-corrected chi connectivity index (χ3v) is 6.83. The third-order valence-electron chi connectivity index (χ3n) is 3.97. The number of hydrogen-bond acceptors (Lipinski definition) is 6. The summed E-state index contributed by atoms with van der Waals surface area (Å²) in [5.74, 6) is -0.348. The Hall–Kier alpha value is -1.94. The van der Waals surface area contributed by atoms with Gasteiger partial charge in [-0.3, -0.25) is 4.79 Å². The first-order valence-corrected chi connectivity index (χ1v) is 9.82. The molecule has 0 atom stereocenters. The molecule has 1 amide bonds. The molecule has 26 heavy (non-hydrogen) atoms. The molecule has 2 N–H and O–H groups in total. The van der Waals surface area contributed by atoms with Gasteiger partial charge in [0.25, 0.3) is 5.91 Å². The first kappa shape index (κ1) is 18.8. The predicted molar refractivity (Wildman–Crippen MR) is 97.6 cm³/mol. The van der Waals surface area contributed by atoms with Gasteiger partial charge >= 0.3 is 0 Å². The minimum absolute atomic E-state index is 0.0374. The number of carbonyl (C=O) groups is 1. The van der Waals surface area contributed by atoms with Crippen LogP contribution >= 0.6 is 23.2 Å². The van der Waals surface area contributed by atoms with Crippen molar-refractivity contribution in [2.45, 2.75) is 4.90 Å². The van der Waals surface area contributed by atoms with Gasteiger partial charge in [-0.25, -0.2) is 18.4 Å². The number of nitrogens with two attached hydrogens (primary N) is 1. The molecule has 0 aliphatic carbocycles. The maximum atomic E-state index is 12.8. The fourth-order valence-corrected chi connectivity index (χ4v) is 5.17. The van der Waals surface area contributed by atoms with Gasteiger partial charge in [-0.05, 0) is 12.1 Å². The molecule has 1 aromatic heterocycles. The van der Waals surface area contributed by atoms with Crippen molar-refractivity contribution < 1.29 is 13.2 Å². The van der Waals surface area contributed by atoms with E-state index in [4.69, 9.17) is 28.9 Å². The second kappa shape index (κ2) is 7.36. The Balaban J connectivity index is 1.76. The van der Waals surface area contributed by atoms with Gasteiger partial charge in [0.05, 0.1) is 10.0 Å². The Morgan fingerprint density at radius 2 is 1.62 bits per heavy atom. The van der Waals surface area contributed by atoms with Gasteiger partial charge in [0, 0.05) is 38.6 Å². The molecule has 11 heteroatoms. The van der Waals surface area contributed by atoms with E-state index >= 15 is 0 Å². The Labute approximate surface area is 160 Å². The van der Waals surface area contributed by atoms with E-state index in [9.17, 15) is 13.2 Å². The molecule has 3 rings (SSSR count). The number of rotatable bonds is 3. The zero-order valence-corrected chi connectivity index (χ0v) is 15.8. The maximum absolute atomic E-state index is 12.8. The largest absolute Gasteiger partial charge is 0.382 e. The van der Waals surface area contributed by atoms with Crippen molar-refractivity contribution >= 4 is 45.0 Å². The Morgan fingerprint density at radius 1 is 1.04 bits per heavy atom. The van der Waals surface area contributed by atoms with Crippen molar-refractivity contribution in [2.24, 2.45) is 0 Å². The Morgan fingerprint density at radius 3 is 2.19 bits per heavy atom. The minimum Gasteiger partial charge on any atom is -0.382 e. The summed E-state index contributed by atoms with van der Waals surface area (Å²) in [4.78, 5) is 21.6. The summed E-state index contributed by atoms with van der Waals surface area (Å²) in [7, 11) is -3.87. The van der Waals surface area contributed by atoms with E-state index in [-0.39, 0.29) is 58.5 Å². The van der Waals surface area contributed by atoms with Crippen molar-refractivity contribution in [2.75, 3.05) is 31.9 Å². The molecule has 1 aliphatic rings. The van der Waals surface area contributed by atoms with Crippen LogP contribution < -0.4 is 5.73 Å². The van der Waals surface area contributed by atoms with E-state index in [0.29, 0.717) is 0 Å². The zero-order chi connectivity index (χ0) is 18.9.